The molecule has 2 aliphatic heterocycles. The highest BCUT2D eigenvalue weighted by atomic mass is 16.2. The lowest BCUT2D eigenvalue weighted by Crippen LogP contribution is -2.29. The van der Waals surface area contributed by atoms with Crippen LogP contribution in [0.3, 0.4) is 0 Å². The van der Waals surface area contributed by atoms with Crippen LogP contribution in [-0.2, 0) is 4.79 Å². The molecule has 0 saturated carbocycles. The van der Waals surface area contributed by atoms with Crippen molar-refractivity contribution in [3.63, 3.8) is 0 Å². The standard InChI is InChI=1S/C27H29N5O/c1-16(2)19-9-10-22(29-19)18(4)23-12-14-25(31-23)26(27(33)32(5)6)24-13-11-21(30-24)17(3)20-8-7-15-28-20/h7-15,30-31H,1-6H3. The van der Waals surface area contributed by atoms with Crippen LogP contribution >= 0.6 is 0 Å². The van der Waals surface area contributed by atoms with Gasteiger partial charge in [-0.25, -0.2) is 4.99 Å². The van der Waals surface area contributed by atoms with Crippen molar-refractivity contribution in [2.75, 3.05) is 14.1 Å². The van der Waals surface area contributed by atoms with Gasteiger partial charge in [0.1, 0.15) is 0 Å². The van der Waals surface area contributed by atoms with E-state index in [0.29, 0.717) is 5.57 Å². The minimum absolute atomic E-state index is 0.0801. The van der Waals surface area contributed by atoms with Gasteiger partial charge in [-0.2, -0.15) is 0 Å². The lowest BCUT2D eigenvalue weighted by atomic mass is 10.1. The molecule has 33 heavy (non-hydrogen) atoms. The van der Waals surface area contributed by atoms with Gasteiger partial charge in [-0.05, 0) is 87.4 Å². The highest BCUT2D eigenvalue weighted by molar-refractivity contribution is 6.25. The van der Waals surface area contributed by atoms with Crippen LogP contribution in [0.5, 0.6) is 0 Å². The summed E-state index contributed by atoms with van der Waals surface area (Å²) < 4.78 is 0. The lowest BCUT2D eigenvalue weighted by Gasteiger charge is -2.12. The Balaban J connectivity index is 1.84. The van der Waals surface area contributed by atoms with Crippen molar-refractivity contribution < 1.29 is 4.79 Å². The Labute approximate surface area is 193 Å². The van der Waals surface area contributed by atoms with Gasteiger partial charge < -0.3 is 14.9 Å². The molecule has 0 atom stereocenters. The molecule has 6 heteroatoms. The lowest BCUT2D eigenvalue weighted by molar-refractivity contribution is -0.122. The zero-order chi connectivity index (χ0) is 23.7. The molecule has 6 nitrogen and oxygen atoms in total. The molecule has 0 aromatic carbocycles. The number of allylic oxidation sites excluding steroid dienone is 6. The number of nitrogens with zero attached hydrogens (tertiary/aromatic N) is 3. The number of H-pyrrole nitrogens is 2. The van der Waals surface area contributed by atoms with Gasteiger partial charge in [-0.1, -0.05) is 5.57 Å². The molecule has 1 amide bonds. The van der Waals surface area contributed by atoms with Crippen molar-refractivity contribution in [1.82, 2.24) is 14.9 Å². The SMILES string of the molecule is CC(C)=C1C=CC(C(C)=c2ccc(=C(C(=O)N(C)C)c3ccc(C(C)=C4C=CC=N4)[nH]3)[nH]2)=N1. The number of nitrogens with one attached hydrogen (secondary N) is 2. The van der Waals surface area contributed by atoms with Gasteiger partial charge in [0.25, 0.3) is 5.91 Å². The highest BCUT2D eigenvalue weighted by Crippen LogP contribution is 2.23. The Kier molecular flexibility index (Phi) is 6.01. The first-order valence-electron chi connectivity index (χ1n) is 10.9. The number of hydrogen-bond donors (Lipinski definition) is 2. The van der Waals surface area contributed by atoms with Gasteiger partial charge in [-0.3, -0.25) is 9.79 Å². The summed E-state index contributed by atoms with van der Waals surface area (Å²) in [5, 5.41) is 1.69. The molecular formula is C27H29N5O. The van der Waals surface area contributed by atoms with Crippen LogP contribution in [-0.4, -0.2) is 46.8 Å². The molecular weight excluding hydrogens is 410 g/mol. The molecule has 4 rings (SSSR count). The van der Waals surface area contributed by atoms with E-state index in [0.717, 1.165) is 50.3 Å². The van der Waals surface area contributed by atoms with Gasteiger partial charge >= 0.3 is 0 Å². The summed E-state index contributed by atoms with van der Waals surface area (Å²) in [6, 6.07) is 7.88. The smallest absolute Gasteiger partial charge is 0.257 e. The Bertz CT molecular complexity index is 1410. The van der Waals surface area contributed by atoms with E-state index < -0.39 is 0 Å². The zero-order valence-corrected chi connectivity index (χ0v) is 19.9. The van der Waals surface area contributed by atoms with E-state index in [9.17, 15) is 4.79 Å². The number of hydrogen-bond acceptors (Lipinski definition) is 3. The predicted molar refractivity (Wildman–Crippen MR) is 136 cm³/mol. The quantitative estimate of drug-likeness (QED) is 0.752. The van der Waals surface area contributed by atoms with Crippen molar-refractivity contribution in [2.45, 2.75) is 27.7 Å². The molecule has 0 bridgehead atoms. The molecule has 4 heterocycles. The van der Waals surface area contributed by atoms with Crippen molar-refractivity contribution >= 4 is 34.6 Å². The summed E-state index contributed by atoms with van der Waals surface area (Å²) in [5.74, 6) is -0.0801. The van der Waals surface area contributed by atoms with E-state index in [1.54, 1.807) is 25.2 Å². The van der Waals surface area contributed by atoms with Crippen LogP contribution in [0.25, 0.3) is 16.7 Å². The van der Waals surface area contributed by atoms with E-state index >= 15 is 0 Å². The third-order valence-electron chi connectivity index (χ3n) is 5.81. The number of carbonyl (C=O) groups excluding carboxylic acids is 1. The van der Waals surface area contributed by atoms with Crippen LogP contribution < -0.4 is 10.7 Å². The Hall–Kier alpha value is -3.93. The minimum atomic E-state index is -0.0801. The van der Waals surface area contributed by atoms with Crippen molar-refractivity contribution in [3.8, 4) is 0 Å². The summed E-state index contributed by atoms with van der Waals surface area (Å²) in [5.41, 5.74) is 8.35. The van der Waals surface area contributed by atoms with Crippen LogP contribution in [0.4, 0.5) is 0 Å². The van der Waals surface area contributed by atoms with E-state index in [-0.39, 0.29) is 5.91 Å². The van der Waals surface area contributed by atoms with Crippen LogP contribution in [0.2, 0.25) is 0 Å². The molecule has 0 unspecified atom stereocenters. The van der Waals surface area contributed by atoms with Gasteiger partial charge in [0, 0.05) is 31.4 Å². The zero-order valence-electron chi connectivity index (χ0n) is 19.9. The number of likely N-dealkylation sites (N-methyl/N-ethyl adjacent to an activating group) is 1. The molecule has 2 aliphatic rings. The van der Waals surface area contributed by atoms with Crippen molar-refractivity contribution in [1.29, 1.82) is 0 Å². The number of rotatable bonds is 4. The first kappa shape index (κ1) is 22.3. The largest absolute Gasteiger partial charge is 0.355 e. The molecule has 0 aliphatic carbocycles. The predicted octanol–water partition coefficient (Wildman–Crippen LogP) is 3.48. The fourth-order valence-corrected chi connectivity index (χ4v) is 3.77. The molecule has 0 saturated heterocycles. The maximum absolute atomic E-state index is 13.2. The summed E-state index contributed by atoms with van der Waals surface area (Å²) >= 11 is 0. The average molecular weight is 440 g/mol. The minimum Gasteiger partial charge on any atom is -0.355 e. The van der Waals surface area contributed by atoms with E-state index in [1.807, 2.05) is 62.4 Å². The second kappa shape index (κ2) is 8.90. The molecule has 2 aromatic rings. The molecule has 2 N–H and O–H groups in total. The van der Waals surface area contributed by atoms with E-state index in [4.69, 9.17) is 4.99 Å². The van der Waals surface area contributed by atoms with Crippen molar-refractivity contribution in [2.24, 2.45) is 9.98 Å². The number of aliphatic imine (C=N–C) groups is 2. The first-order valence-corrected chi connectivity index (χ1v) is 10.9. The molecule has 0 radical (unpaired) electrons. The Morgan fingerprint density at radius 2 is 1.55 bits per heavy atom. The molecule has 0 spiro atoms. The van der Waals surface area contributed by atoms with Gasteiger partial charge in [0.05, 0.1) is 33.7 Å². The first-order chi connectivity index (χ1) is 15.8. The van der Waals surface area contributed by atoms with Gasteiger partial charge in [0.15, 0.2) is 0 Å². The topological polar surface area (TPSA) is 76.6 Å². The van der Waals surface area contributed by atoms with E-state index in [1.165, 1.54) is 5.57 Å². The highest BCUT2D eigenvalue weighted by Gasteiger charge is 2.19. The Morgan fingerprint density at radius 1 is 0.818 bits per heavy atom. The molecule has 168 valence electrons. The van der Waals surface area contributed by atoms with E-state index in [2.05, 4.69) is 28.8 Å². The summed E-state index contributed by atoms with van der Waals surface area (Å²) in [7, 11) is 3.52. The fraction of sp³-hybridized carbons (Fsp3) is 0.222. The normalized spacial score (nSPS) is 18.0. The summed E-state index contributed by atoms with van der Waals surface area (Å²) in [6.45, 7) is 8.17. The third-order valence-corrected chi connectivity index (χ3v) is 5.81. The number of carbonyl (C=O) groups is 1. The maximum atomic E-state index is 13.2. The average Bonchev–Trinajstić information content (AvgIpc) is 3.59. The van der Waals surface area contributed by atoms with Crippen LogP contribution in [0, 0.1) is 0 Å². The third kappa shape index (κ3) is 4.37. The number of aromatic nitrogens is 2. The number of aromatic amines is 2. The summed E-state index contributed by atoms with van der Waals surface area (Å²) in [6.07, 6.45) is 9.73. The fourth-order valence-electron chi connectivity index (χ4n) is 3.77. The molecule has 0 fully saturated rings. The van der Waals surface area contributed by atoms with Crippen LogP contribution in [0.15, 0.2) is 75.5 Å². The van der Waals surface area contributed by atoms with Gasteiger partial charge in [0.2, 0.25) is 0 Å². The Morgan fingerprint density at radius 3 is 2.18 bits per heavy atom. The second-order valence-corrected chi connectivity index (χ2v) is 8.63. The van der Waals surface area contributed by atoms with Crippen molar-refractivity contribution in [3.05, 3.63) is 87.6 Å². The maximum Gasteiger partial charge on any atom is 0.257 e. The second-order valence-electron chi connectivity index (χ2n) is 8.63. The number of amides is 1. The van der Waals surface area contributed by atoms with Crippen LogP contribution in [0.1, 0.15) is 39.1 Å². The summed E-state index contributed by atoms with van der Waals surface area (Å²) in [4.78, 5) is 30.7. The molecule has 2 aromatic heterocycles. The monoisotopic (exact) mass is 439 g/mol. The van der Waals surface area contributed by atoms with Gasteiger partial charge in [-0.15, -0.1) is 0 Å².